The summed E-state index contributed by atoms with van der Waals surface area (Å²) in [7, 11) is 5.44. The standard InChI is InChI=1S/C11H23BOS2/c1-4-7-9-14-11(6-3,13-12)15-10-8-5-2/h4-10H2,1-3H3. The monoisotopic (exact) mass is 246 g/mol. The summed E-state index contributed by atoms with van der Waals surface area (Å²) in [5.74, 6) is 2.28. The van der Waals surface area contributed by atoms with Crippen molar-refractivity contribution in [2.24, 2.45) is 0 Å². The van der Waals surface area contributed by atoms with Crippen LogP contribution in [0.1, 0.15) is 52.9 Å². The van der Waals surface area contributed by atoms with Gasteiger partial charge in [0.15, 0.2) is 0 Å². The number of unbranched alkanes of at least 4 members (excludes halogenated alkanes) is 2. The van der Waals surface area contributed by atoms with E-state index in [1.165, 1.54) is 25.7 Å². The van der Waals surface area contributed by atoms with E-state index in [-0.39, 0.29) is 4.27 Å². The molecule has 0 rings (SSSR count). The highest BCUT2D eigenvalue weighted by Crippen LogP contribution is 2.41. The van der Waals surface area contributed by atoms with Gasteiger partial charge in [-0.3, -0.25) is 0 Å². The molecule has 15 heavy (non-hydrogen) atoms. The average Bonchev–Trinajstić information content (AvgIpc) is 2.28. The Balaban J connectivity index is 3.93. The smallest absolute Gasteiger partial charge is 0.285 e. The van der Waals surface area contributed by atoms with Gasteiger partial charge in [-0.05, 0) is 30.8 Å². The Hall–Kier alpha value is 0.725. The zero-order valence-electron chi connectivity index (χ0n) is 10.3. The van der Waals surface area contributed by atoms with Crippen LogP contribution in [-0.2, 0) is 4.65 Å². The van der Waals surface area contributed by atoms with Gasteiger partial charge in [-0.2, -0.15) is 0 Å². The molecule has 0 aliphatic carbocycles. The van der Waals surface area contributed by atoms with Gasteiger partial charge in [-0.15, -0.1) is 23.5 Å². The first-order valence-electron chi connectivity index (χ1n) is 5.90. The van der Waals surface area contributed by atoms with Gasteiger partial charge < -0.3 is 4.65 Å². The molecule has 0 aromatic carbocycles. The second-order valence-corrected chi connectivity index (χ2v) is 6.53. The Kier molecular flexibility index (Phi) is 10.4. The molecule has 0 aliphatic rings. The molecule has 0 amide bonds. The Morgan fingerprint density at radius 1 is 1.00 bits per heavy atom. The van der Waals surface area contributed by atoms with Gasteiger partial charge in [0.05, 0.1) is 0 Å². The molecule has 0 saturated heterocycles. The molecule has 1 nitrogen and oxygen atoms in total. The zero-order valence-corrected chi connectivity index (χ0v) is 11.9. The molecular formula is C11H23BOS2. The first-order chi connectivity index (χ1) is 7.24. The second-order valence-electron chi connectivity index (χ2n) is 3.56. The van der Waals surface area contributed by atoms with Crippen LogP contribution < -0.4 is 0 Å². The van der Waals surface area contributed by atoms with Crippen LogP contribution in [-0.4, -0.2) is 23.8 Å². The third-order valence-electron chi connectivity index (χ3n) is 2.25. The molecule has 0 bridgehead atoms. The Morgan fingerprint density at radius 2 is 1.47 bits per heavy atom. The fourth-order valence-electron chi connectivity index (χ4n) is 1.14. The highest BCUT2D eigenvalue weighted by Gasteiger charge is 2.27. The summed E-state index contributed by atoms with van der Waals surface area (Å²) in [6.07, 6.45) is 5.91. The molecule has 0 spiro atoms. The van der Waals surface area contributed by atoms with Crippen molar-refractivity contribution in [3.8, 4) is 0 Å². The number of thioether (sulfide) groups is 2. The van der Waals surface area contributed by atoms with E-state index in [4.69, 9.17) is 12.7 Å². The van der Waals surface area contributed by atoms with Crippen LogP contribution in [0.2, 0.25) is 0 Å². The van der Waals surface area contributed by atoms with Crippen molar-refractivity contribution in [1.82, 2.24) is 0 Å². The van der Waals surface area contributed by atoms with Crippen molar-refractivity contribution >= 4 is 31.6 Å². The lowest BCUT2D eigenvalue weighted by molar-refractivity contribution is 0.277. The van der Waals surface area contributed by atoms with Crippen molar-refractivity contribution in [2.45, 2.75) is 57.1 Å². The van der Waals surface area contributed by atoms with E-state index in [1.54, 1.807) is 0 Å². The summed E-state index contributed by atoms with van der Waals surface area (Å²) in [5.41, 5.74) is 0. The van der Waals surface area contributed by atoms with Crippen molar-refractivity contribution in [1.29, 1.82) is 0 Å². The summed E-state index contributed by atoms with van der Waals surface area (Å²) in [4.78, 5) is 0. The minimum atomic E-state index is -0.204. The molecule has 0 heterocycles. The van der Waals surface area contributed by atoms with Crippen LogP contribution >= 0.6 is 23.5 Å². The molecule has 0 aromatic rings. The summed E-state index contributed by atoms with van der Waals surface area (Å²) in [5, 5.41) is 0. The van der Waals surface area contributed by atoms with Crippen molar-refractivity contribution < 1.29 is 4.65 Å². The first kappa shape index (κ1) is 15.7. The van der Waals surface area contributed by atoms with Gasteiger partial charge in [0.1, 0.15) is 4.27 Å². The molecule has 0 aliphatic heterocycles. The van der Waals surface area contributed by atoms with Crippen molar-refractivity contribution in [3.63, 3.8) is 0 Å². The number of rotatable bonds is 10. The van der Waals surface area contributed by atoms with Crippen LogP contribution in [0.3, 0.4) is 0 Å². The van der Waals surface area contributed by atoms with Gasteiger partial charge in [0.25, 0.3) is 8.05 Å². The van der Waals surface area contributed by atoms with E-state index in [1.807, 2.05) is 23.5 Å². The third-order valence-corrected chi connectivity index (χ3v) is 5.59. The summed E-state index contributed by atoms with van der Waals surface area (Å²) < 4.78 is 5.00. The first-order valence-corrected chi connectivity index (χ1v) is 7.87. The zero-order chi connectivity index (χ0) is 11.6. The van der Waals surface area contributed by atoms with Gasteiger partial charge >= 0.3 is 0 Å². The predicted molar refractivity (Wildman–Crippen MR) is 74.6 cm³/mol. The number of hydrogen-bond donors (Lipinski definition) is 0. The van der Waals surface area contributed by atoms with Gasteiger partial charge in [-0.1, -0.05) is 33.6 Å². The Labute approximate surface area is 105 Å². The molecule has 88 valence electrons. The molecule has 0 fully saturated rings. The molecule has 0 atom stereocenters. The van der Waals surface area contributed by atoms with E-state index in [2.05, 4.69) is 20.8 Å². The summed E-state index contributed by atoms with van der Waals surface area (Å²) >= 11 is 3.72. The highest BCUT2D eigenvalue weighted by molar-refractivity contribution is 8.18. The lowest BCUT2D eigenvalue weighted by Crippen LogP contribution is -2.23. The molecule has 4 heteroatoms. The van der Waals surface area contributed by atoms with Gasteiger partial charge in [-0.25, -0.2) is 0 Å². The minimum absolute atomic E-state index is 0.204. The van der Waals surface area contributed by atoms with E-state index >= 15 is 0 Å². The van der Waals surface area contributed by atoms with E-state index < -0.39 is 0 Å². The second kappa shape index (κ2) is 9.92. The minimum Gasteiger partial charge on any atom is -0.427 e. The maximum absolute atomic E-state index is 5.44. The fraction of sp³-hybridized carbons (Fsp3) is 1.00. The highest BCUT2D eigenvalue weighted by atomic mass is 32.2. The Morgan fingerprint density at radius 3 is 1.73 bits per heavy atom. The predicted octanol–water partition coefficient (Wildman–Crippen LogP) is 4.22. The van der Waals surface area contributed by atoms with Crippen LogP contribution in [0.5, 0.6) is 0 Å². The normalized spacial score (nSPS) is 11.9. The number of hydrogen-bond acceptors (Lipinski definition) is 3. The summed E-state index contributed by atoms with van der Waals surface area (Å²) in [6.45, 7) is 6.56. The molecule has 0 N–H and O–H groups in total. The Bertz CT molecular complexity index is 129. The van der Waals surface area contributed by atoms with Crippen LogP contribution in [0.4, 0.5) is 0 Å². The molecule has 0 aromatic heterocycles. The van der Waals surface area contributed by atoms with E-state index in [9.17, 15) is 0 Å². The SMILES string of the molecule is [B]OC(CC)(SCCCC)SCCCC. The van der Waals surface area contributed by atoms with E-state index in [0.29, 0.717) is 0 Å². The molecular weight excluding hydrogens is 223 g/mol. The molecule has 0 saturated carbocycles. The largest absolute Gasteiger partial charge is 0.427 e. The maximum Gasteiger partial charge on any atom is 0.285 e. The topological polar surface area (TPSA) is 9.23 Å². The van der Waals surface area contributed by atoms with Crippen LogP contribution in [0.25, 0.3) is 0 Å². The summed E-state index contributed by atoms with van der Waals surface area (Å²) in [6, 6.07) is 0. The van der Waals surface area contributed by atoms with Crippen molar-refractivity contribution in [3.05, 3.63) is 0 Å². The lowest BCUT2D eigenvalue weighted by atomic mass is 10.4. The average molecular weight is 246 g/mol. The van der Waals surface area contributed by atoms with Gasteiger partial charge in [0.2, 0.25) is 0 Å². The lowest BCUT2D eigenvalue weighted by Gasteiger charge is -2.31. The molecule has 0 unspecified atom stereocenters. The van der Waals surface area contributed by atoms with Gasteiger partial charge in [0, 0.05) is 0 Å². The third kappa shape index (κ3) is 6.80. The van der Waals surface area contributed by atoms with Crippen LogP contribution in [0, 0.1) is 0 Å². The quantitative estimate of drug-likeness (QED) is 0.324. The van der Waals surface area contributed by atoms with E-state index in [0.717, 1.165) is 17.9 Å². The van der Waals surface area contributed by atoms with Crippen molar-refractivity contribution in [2.75, 3.05) is 11.5 Å². The maximum atomic E-state index is 5.44. The van der Waals surface area contributed by atoms with Crippen LogP contribution in [0.15, 0.2) is 0 Å². The molecule has 2 radical (unpaired) electrons. The fourth-order valence-corrected chi connectivity index (χ4v) is 4.01.